The second-order valence-electron chi connectivity index (χ2n) is 8.82. The lowest BCUT2D eigenvalue weighted by Crippen LogP contribution is -2.59. The molecule has 2 atom stereocenters. The molecule has 5 rings (SSSR count). The molecular weight excluding hydrogens is 378 g/mol. The molecule has 0 bridgehead atoms. The van der Waals surface area contributed by atoms with Gasteiger partial charge in [-0.1, -0.05) is 61.4 Å². The lowest BCUT2D eigenvalue weighted by molar-refractivity contribution is -0.159. The van der Waals surface area contributed by atoms with Crippen LogP contribution in [0.25, 0.3) is 11.1 Å². The average Bonchev–Trinajstić information content (AvgIpc) is 3.10. The van der Waals surface area contributed by atoms with Crippen LogP contribution in [0.4, 0.5) is 4.79 Å². The lowest BCUT2D eigenvalue weighted by Gasteiger charge is -2.49. The number of carbonyl (C=O) groups excluding carboxylic acids is 1. The Labute approximate surface area is 176 Å². The largest absolute Gasteiger partial charge is 0.481 e. The summed E-state index contributed by atoms with van der Waals surface area (Å²) in [6.07, 6.45) is 4.28. The van der Waals surface area contributed by atoms with Crippen LogP contribution < -0.4 is 0 Å². The van der Waals surface area contributed by atoms with Gasteiger partial charge in [0.15, 0.2) is 0 Å². The third-order valence-corrected chi connectivity index (χ3v) is 7.38. The van der Waals surface area contributed by atoms with Crippen LogP contribution in [0.1, 0.15) is 55.6 Å². The Balaban J connectivity index is 1.36. The van der Waals surface area contributed by atoms with Gasteiger partial charge in [0, 0.05) is 12.5 Å². The first kappa shape index (κ1) is 19.2. The molecule has 0 radical (unpaired) electrons. The highest BCUT2D eigenvalue weighted by molar-refractivity contribution is 5.80. The van der Waals surface area contributed by atoms with E-state index in [1.54, 1.807) is 4.90 Å². The van der Waals surface area contributed by atoms with Gasteiger partial charge in [-0.25, -0.2) is 4.79 Å². The van der Waals surface area contributed by atoms with Crippen molar-refractivity contribution >= 4 is 12.1 Å². The summed E-state index contributed by atoms with van der Waals surface area (Å²) in [7, 11) is 0. The van der Waals surface area contributed by atoms with E-state index in [0.29, 0.717) is 25.8 Å². The molecule has 1 saturated heterocycles. The summed E-state index contributed by atoms with van der Waals surface area (Å²) in [4.78, 5) is 27.0. The van der Waals surface area contributed by atoms with Crippen molar-refractivity contribution in [3.8, 4) is 11.1 Å². The van der Waals surface area contributed by atoms with Crippen LogP contribution in [0.3, 0.4) is 0 Å². The number of rotatable bonds is 3. The molecule has 30 heavy (non-hydrogen) atoms. The molecule has 2 unspecified atom stereocenters. The first-order valence-corrected chi connectivity index (χ1v) is 11.0. The summed E-state index contributed by atoms with van der Waals surface area (Å²) in [6, 6.07) is 16.3. The van der Waals surface area contributed by atoms with Gasteiger partial charge < -0.3 is 14.7 Å². The van der Waals surface area contributed by atoms with Crippen molar-refractivity contribution in [2.24, 2.45) is 5.41 Å². The monoisotopic (exact) mass is 405 g/mol. The van der Waals surface area contributed by atoms with Crippen molar-refractivity contribution in [3.63, 3.8) is 0 Å². The molecule has 5 heteroatoms. The Bertz CT molecular complexity index is 937. The number of carboxylic acid groups (broad SMARTS) is 1. The summed E-state index contributed by atoms with van der Waals surface area (Å²) >= 11 is 0. The van der Waals surface area contributed by atoms with Gasteiger partial charge in [0.25, 0.3) is 0 Å². The normalized spacial score (nSPS) is 25.2. The quantitative estimate of drug-likeness (QED) is 0.776. The third-order valence-electron chi connectivity index (χ3n) is 7.38. The number of piperidine rings is 1. The van der Waals surface area contributed by atoms with Crippen molar-refractivity contribution in [1.29, 1.82) is 0 Å². The fourth-order valence-electron chi connectivity index (χ4n) is 5.94. The second kappa shape index (κ2) is 7.46. The number of nitrogens with zero attached hydrogens (tertiary/aromatic N) is 1. The van der Waals surface area contributed by atoms with Crippen LogP contribution in [-0.2, 0) is 9.53 Å². The van der Waals surface area contributed by atoms with E-state index in [4.69, 9.17) is 4.74 Å². The summed E-state index contributed by atoms with van der Waals surface area (Å²) in [5.41, 5.74) is 3.96. The number of amides is 1. The number of aliphatic carboxylic acids is 1. The highest BCUT2D eigenvalue weighted by Gasteiger charge is 2.53. The van der Waals surface area contributed by atoms with Gasteiger partial charge >= 0.3 is 12.1 Å². The van der Waals surface area contributed by atoms with E-state index in [-0.39, 0.29) is 24.7 Å². The first-order valence-electron chi connectivity index (χ1n) is 11.0. The van der Waals surface area contributed by atoms with Gasteiger partial charge in [0.05, 0.1) is 11.5 Å². The van der Waals surface area contributed by atoms with E-state index < -0.39 is 11.4 Å². The number of carboxylic acids is 1. The highest BCUT2D eigenvalue weighted by atomic mass is 16.6. The SMILES string of the molecule is O=C(OCC1c2ccccc2-c2ccccc21)N1CCCC2(C(=O)O)CCCCC12. The van der Waals surface area contributed by atoms with Crippen LogP contribution in [0, 0.1) is 5.41 Å². The molecule has 2 aromatic carbocycles. The smallest absolute Gasteiger partial charge is 0.410 e. The number of ether oxygens (including phenoxy) is 1. The van der Waals surface area contributed by atoms with Gasteiger partial charge in [-0.15, -0.1) is 0 Å². The minimum Gasteiger partial charge on any atom is -0.481 e. The molecule has 1 saturated carbocycles. The van der Waals surface area contributed by atoms with E-state index in [9.17, 15) is 14.7 Å². The zero-order valence-electron chi connectivity index (χ0n) is 17.0. The fourth-order valence-corrected chi connectivity index (χ4v) is 5.94. The zero-order chi connectivity index (χ0) is 20.7. The second-order valence-corrected chi connectivity index (χ2v) is 8.82. The lowest BCUT2D eigenvalue weighted by atomic mass is 9.65. The topological polar surface area (TPSA) is 66.8 Å². The van der Waals surface area contributed by atoms with Crippen molar-refractivity contribution in [2.45, 2.75) is 50.5 Å². The molecule has 2 fully saturated rings. The van der Waals surface area contributed by atoms with Gasteiger partial charge in [0.2, 0.25) is 0 Å². The average molecular weight is 405 g/mol. The van der Waals surface area contributed by atoms with E-state index in [0.717, 1.165) is 19.3 Å². The molecular formula is C25H27NO4. The Kier molecular flexibility index (Phi) is 4.76. The van der Waals surface area contributed by atoms with Crippen molar-refractivity contribution < 1.29 is 19.4 Å². The van der Waals surface area contributed by atoms with Crippen LogP contribution in [0.15, 0.2) is 48.5 Å². The zero-order valence-corrected chi connectivity index (χ0v) is 17.0. The highest BCUT2D eigenvalue weighted by Crippen LogP contribution is 2.47. The molecule has 1 heterocycles. The van der Waals surface area contributed by atoms with Crippen molar-refractivity contribution in [2.75, 3.05) is 13.2 Å². The molecule has 1 N–H and O–H groups in total. The molecule has 5 nitrogen and oxygen atoms in total. The predicted molar refractivity (Wildman–Crippen MR) is 113 cm³/mol. The van der Waals surface area contributed by atoms with E-state index >= 15 is 0 Å². The van der Waals surface area contributed by atoms with E-state index in [1.807, 2.05) is 24.3 Å². The number of hydrogen-bond donors (Lipinski definition) is 1. The fraction of sp³-hybridized carbons (Fsp3) is 0.440. The van der Waals surface area contributed by atoms with Crippen LogP contribution in [-0.4, -0.2) is 41.3 Å². The maximum absolute atomic E-state index is 13.1. The van der Waals surface area contributed by atoms with Gasteiger partial charge in [-0.05, 0) is 47.9 Å². The molecule has 2 aliphatic carbocycles. The minimum atomic E-state index is -0.803. The van der Waals surface area contributed by atoms with Crippen LogP contribution in [0.5, 0.6) is 0 Å². The number of benzene rings is 2. The van der Waals surface area contributed by atoms with Crippen LogP contribution >= 0.6 is 0 Å². The molecule has 0 spiro atoms. The molecule has 2 aromatic rings. The molecule has 1 aliphatic heterocycles. The molecule has 156 valence electrons. The Morgan fingerprint density at radius 2 is 1.60 bits per heavy atom. The minimum absolute atomic E-state index is 0.0155. The summed E-state index contributed by atoms with van der Waals surface area (Å²) in [5, 5.41) is 9.97. The van der Waals surface area contributed by atoms with Gasteiger partial charge in [-0.3, -0.25) is 4.79 Å². The number of carbonyl (C=O) groups is 2. The van der Waals surface area contributed by atoms with E-state index in [1.165, 1.54) is 22.3 Å². The maximum atomic E-state index is 13.1. The van der Waals surface area contributed by atoms with Crippen LogP contribution in [0.2, 0.25) is 0 Å². The van der Waals surface area contributed by atoms with Crippen molar-refractivity contribution in [3.05, 3.63) is 59.7 Å². The van der Waals surface area contributed by atoms with E-state index in [2.05, 4.69) is 24.3 Å². The Morgan fingerprint density at radius 3 is 2.27 bits per heavy atom. The number of hydrogen-bond acceptors (Lipinski definition) is 3. The molecule has 0 aromatic heterocycles. The standard InChI is InChI=1S/C25H27NO4/c27-23(28)25-13-6-5-12-22(25)26(15-7-14-25)24(29)30-16-21-19-10-3-1-8-17(19)18-9-2-4-11-20(18)21/h1-4,8-11,21-22H,5-7,12-16H2,(H,27,28). The Morgan fingerprint density at radius 1 is 0.967 bits per heavy atom. The summed E-state index contributed by atoms with van der Waals surface area (Å²) in [5.74, 6) is -0.745. The van der Waals surface area contributed by atoms with Gasteiger partial charge in [-0.2, -0.15) is 0 Å². The molecule has 1 amide bonds. The predicted octanol–water partition coefficient (Wildman–Crippen LogP) is 5.04. The third kappa shape index (κ3) is 2.91. The molecule has 3 aliphatic rings. The number of fused-ring (bicyclic) bond motifs is 4. The Hall–Kier alpha value is -2.82. The maximum Gasteiger partial charge on any atom is 0.410 e. The van der Waals surface area contributed by atoms with Gasteiger partial charge in [0.1, 0.15) is 6.61 Å². The summed E-state index contributed by atoms with van der Waals surface area (Å²) in [6.45, 7) is 0.854. The summed E-state index contributed by atoms with van der Waals surface area (Å²) < 4.78 is 5.85. The first-order chi connectivity index (χ1) is 14.6. The van der Waals surface area contributed by atoms with Crippen molar-refractivity contribution in [1.82, 2.24) is 4.90 Å². The number of likely N-dealkylation sites (tertiary alicyclic amines) is 1.